The molecule has 146 valence electrons. The normalized spacial score (nSPS) is 10.4. The Hall–Kier alpha value is -2.58. The van der Waals surface area contributed by atoms with Crippen molar-refractivity contribution in [2.75, 3.05) is 19.5 Å². The van der Waals surface area contributed by atoms with Crippen molar-refractivity contribution >= 4 is 44.0 Å². The minimum Gasteiger partial charge on any atom is -0.493 e. The standard InChI is InChI=1S/C20H20BrN3O3S/c1-12-18(28-20(23-12)24-15-7-5-14(21)6-8-15)19(25)22-11-13-4-9-16(26-2)17(10-13)27-3/h4-10H,11H2,1-3H3,(H,22,25)(H,23,24). The van der Waals surface area contributed by atoms with Crippen LogP contribution in [0.15, 0.2) is 46.9 Å². The molecule has 28 heavy (non-hydrogen) atoms. The van der Waals surface area contributed by atoms with Crippen LogP contribution in [0.5, 0.6) is 11.5 Å². The third-order valence-electron chi connectivity index (χ3n) is 4.00. The summed E-state index contributed by atoms with van der Waals surface area (Å²) < 4.78 is 11.5. The van der Waals surface area contributed by atoms with E-state index in [9.17, 15) is 4.79 Å². The zero-order chi connectivity index (χ0) is 20.1. The summed E-state index contributed by atoms with van der Waals surface area (Å²) in [5.41, 5.74) is 2.52. The Morgan fingerprint density at radius 2 is 1.82 bits per heavy atom. The maximum absolute atomic E-state index is 12.6. The molecule has 0 bridgehead atoms. The number of hydrogen-bond donors (Lipinski definition) is 2. The summed E-state index contributed by atoms with van der Waals surface area (Å²) in [6.45, 7) is 2.21. The van der Waals surface area contributed by atoms with Gasteiger partial charge in [0.05, 0.1) is 19.9 Å². The maximum atomic E-state index is 12.6. The van der Waals surface area contributed by atoms with Crippen LogP contribution in [-0.4, -0.2) is 25.1 Å². The van der Waals surface area contributed by atoms with E-state index < -0.39 is 0 Å². The van der Waals surface area contributed by atoms with E-state index in [0.717, 1.165) is 15.7 Å². The zero-order valence-corrected chi connectivity index (χ0v) is 18.1. The van der Waals surface area contributed by atoms with E-state index >= 15 is 0 Å². The molecule has 2 N–H and O–H groups in total. The molecule has 1 aromatic heterocycles. The number of carbonyl (C=O) groups excluding carboxylic acids is 1. The van der Waals surface area contributed by atoms with Crippen LogP contribution in [0.1, 0.15) is 20.9 Å². The Kier molecular flexibility index (Phi) is 6.53. The highest BCUT2D eigenvalue weighted by Crippen LogP contribution is 2.28. The molecule has 8 heteroatoms. The second kappa shape index (κ2) is 9.07. The molecule has 0 fully saturated rings. The molecule has 0 radical (unpaired) electrons. The van der Waals surface area contributed by atoms with Crippen LogP contribution in [0, 0.1) is 6.92 Å². The molecule has 0 aliphatic rings. The van der Waals surface area contributed by atoms with Crippen molar-refractivity contribution in [3.63, 3.8) is 0 Å². The summed E-state index contributed by atoms with van der Waals surface area (Å²) in [6.07, 6.45) is 0. The van der Waals surface area contributed by atoms with Crippen LogP contribution in [0.4, 0.5) is 10.8 Å². The van der Waals surface area contributed by atoms with E-state index in [1.807, 2.05) is 49.4 Å². The van der Waals surface area contributed by atoms with Gasteiger partial charge in [-0.3, -0.25) is 4.79 Å². The highest BCUT2D eigenvalue weighted by Gasteiger charge is 2.15. The molecule has 0 aliphatic carbocycles. The minimum absolute atomic E-state index is 0.159. The summed E-state index contributed by atoms with van der Waals surface area (Å²) in [4.78, 5) is 17.6. The number of halogens is 1. The van der Waals surface area contributed by atoms with Crippen LogP contribution < -0.4 is 20.1 Å². The van der Waals surface area contributed by atoms with Gasteiger partial charge in [0.15, 0.2) is 16.6 Å². The van der Waals surface area contributed by atoms with Crippen LogP contribution >= 0.6 is 27.3 Å². The monoisotopic (exact) mass is 461 g/mol. The second-order valence-corrected chi connectivity index (χ2v) is 7.85. The molecule has 0 saturated carbocycles. The quantitative estimate of drug-likeness (QED) is 0.523. The van der Waals surface area contributed by atoms with Crippen LogP contribution in [0.3, 0.4) is 0 Å². The minimum atomic E-state index is -0.159. The van der Waals surface area contributed by atoms with E-state index in [-0.39, 0.29) is 5.91 Å². The number of aromatic nitrogens is 1. The van der Waals surface area contributed by atoms with Gasteiger partial charge in [0.1, 0.15) is 4.88 Å². The molecule has 1 amide bonds. The third kappa shape index (κ3) is 4.82. The van der Waals surface area contributed by atoms with Gasteiger partial charge in [0.25, 0.3) is 5.91 Å². The summed E-state index contributed by atoms with van der Waals surface area (Å²) in [5, 5.41) is 6.83. The van der Waals surface area contributed by atoms with Crippen molar-refractivity contribution in [1.82, 2.24) is 10.3 Å². The molecular formula is C20H20BrN3O3S. The van der Waals surface area contributed by atoms with E-state index in [4.69, 9.17) is 9.47 Å². The first-order valence-corrected chi connectivity index (χ1v) is 10.1. The summed E-state index contributed by atoms with van der Waals surface area (Å²) in [5.74, 6) is 1.12. The average molecular weight is 462 g/mol. The van der Waals surface area contributed by atoms with E-state index in [1.165, 1.54) is 11.3 Å². The Morgan fingerprint density at radius 3 is 2.50 bits per heavy atom. The van der Waals surface area contributed by atoms with Crippen molar-refractivity contribution in [1.29, 1.82) is 0 Å². The van der Waals surface area contributed by atoms with E-state index in [1.54, 1.807) is 14.2 Å². The van der Waals surface area contributed by atoms with Crippen LogP contribution in [-0.2, 0) is 6.54 Å². The molecular weight excluding hydrogens is 442 g/mol. The van der Waals surface area contributed by atoms with Gasteiger partial charge in [-0.05, 0) is 48.9 Å². The van der Waals surface area contributed by atoms with E-state index in [0.29, 0.717) is 33.7 Å². The highest BCUT2D eigenvalue weighted by atomic mass is 79.9. The van der Waals surface area contributed by atoms with E-state index in [2.05, 4.69) is 31.5 Å². The van der Waals surface area contributed by atoms with Gasteiger partial charge >= 0.3 is 0 Å². The molecule has 0 spiro atoms. The predicted molar refractivity (Wildman–Crippen MR) is 115 cm³/mol. The number of carbonyl (C=O) groups is 1. The van der Waals surface area contributed by atoms with Gasteiger partial charge in [-0.2, -0.15) is 0 Å². The average Bonchev–Trinajstić information content (AvgIpc) is 3.07. The largest absolute Gasteiger partial charge is 0.493 e. The summed E-state index contributed by atoms with van der Waals surface area (Å²) in [7, 11) is 3.17. The Bertz CT molecular complexity index is 973. The Balaban J connectivity index is 1.66. The van der Waals surface area contributed by atoms with Crippen molar-refractivity contribution in [3.8, 4) is 11.5 Å². The maximum Gasteiger partial charge on any atom is 0.263 e. The lowest BCUT2D eigenvalue weighted by Gasteiger charge is -2.10. The van der Waals surface area contributed by atoms with Gasteiger partial charge < -0.3 is 20.1 Å². The number of amides is 1. The molecule has 3 rings (SSSR count). The van der Waals surface area contributed by atoms with Crippen molar-refractivity contribution in [2.24, 2.45) is 0 Å². The molecule has 3 aromatic rings. The Labute approximate surface area is 176 Å². The molecule has 2 aromatic carbocycles. The van der Waals surface area contributed by atoms with Crippen molar-refractivity contribution in [3.05, 3.63) is 63.1 Å². The number of nitrogens with zero attached hydrogens (tertiary/aromatic N) is 1. The number of rotatable bonds is 7. The first kappa shape index (κ1) is 20.2. The van der Waals surface area contributed by atoms with Crippen LogP contribution in [0.25, 0.3) is 0 Å². The Morgan fingerprint density at radius 1 is 1.11 bits per heavy atom. The number of methoxy groups -OCH3 is 2. The number of hydrogen-bond acceptors (Lipinski definition) is 6. The molecule has 6 nitrogen and oxygen atoms in total. The number of aryl methyl sites for hydroxylation is 1. The molecule has 0 atom stereocenters. The smallest absolute Gasteiger partial charge is 0.263 e. The van der Waals surface area contributed by atoms with Crippen LogP contribution in [0.2, 0.25) is 0 Å². The number of benzene rings is 2. The molecule has 0 saturated heterocycles. The fraction of sp³-hybridized carbons (Fsp3) is 0.200. The number of ether oxygens (including phenoxy) is 2. The lowest BCUT2D eigenvalue weighted by molar-refractivity contribution is 0.0954. The van der Waals surface area contributed by atoms with Gasteiger partial charge in [0.2, 0.25) is 0 Å². The molecule has 0 aliphatic heterocycles. The SMILES string of the molecule is COc1ccc(CNC(=O)c2sc(Nc3ccc(Br)cc3)nc2C)cc1OC. The molecule has 0 unspecified atom stereocenters. The van der Waals surface area contributed by atoms with Gasteiger partial charge in [-0.15, -0.1) is 0 Å². The lowest BCUT2D eigenvalue weighted by atomic mass is 10.2. The first-order valence-electron chi connectivity index (χ1n) is 8.49. The van der Waals surface area contributed by atoms with Gasteiger partial charge in [0, 0.05) is 16.7 Å². The first-order chi connectivity index (χ1) is 13.5. The fourth-order valence-corrected chi connectivity index (χ4v) is 3.74. The zero-order valence-electron chi connectivity index (χ0n) is 15.7. The number of thiazole rings is 1. The lowest BCUT2D eigenvalue weighted by Crippen LogP contribution is -2.22. The summed E-state index contributed by atoms with van der Waals surface area (Å²) >= 11 is 4.74. The third-order valence-corrected chi connectivity index (χ3v) is 5.60. The topological polar surface area (TPSA) is 72.5 Å². The van der Waals surface area contributed by atoms with Gasteiger partial charge in [-0.1, -0.05) is 33.3 Å². The highest BCUT2D eigenvalue weighted by molar-refractivity contribution is 9.10. The number of anilines is 2. The van der Waals surface area contributed by atoms with Crippen molar-refractivity contribution < 1.29 is 14.3 Å². The molecule has 1 heterocycles. The van der Waals surface area contributed by atoms with Gasteiger partial charge in [-0.25, -0.2) is 4.98 Å². The number of nitrogens with one attached hydrogen (secondary N) is 2. The second-order valence-electron chi connectivity index (χ2n) is 5.94. The van der Waals surface area contributed by atoms with Crippen molar-refractivity contribution in [2.45, 2.75) is 13.5 Å². The summed E-state index contributed by atoms with van der Waals surface area (Å²) in [6, 6.07) is 13.3. The predicted octanol–water partition coefficient (Wildman–Crippen LogP) is 4.90. The fourth-order valence-electron chi connectivity index (χ4n) is 2.57.